The quantitative estimate of drug-likeness (QED) is 0.145. The Labute approximate surface area is 278 Å². The number of amides is 2. The molecule has 0 bridgehead atoms. The molecule has 2 atom stereocenters. The van der Waals surface area contributed by atoms with Gasteiger partial charge in [-0.3, -0.25) is 4.79 Å². The van der Waals surface area contributed by atoms with Crippen molar-refractivity contribution >= 4 is 35.1 Å². The van der Waals surface area contributed by atoms with E-state index in [1.807, 2.05) is 20.8 Å². The number of methoxy groups -OCH3 is 2. The van der Waals surface area contributed by atoms with Gasteiger partial charge in [0.1, 0.15) is 35.0 Å². The number of fused-ring (bicyclic) bond motifs is 1. The lowest BCUT2D eigenvalue weighted by molar-refractivity contribution is 0.0488. The highest BCUT2D eigenvalue weighted by atomic mass is 16.6. The molecule has 2 unspecified atom stereocenters. The second kappa shape index (κ2) is 14.6. The first kappa shape index (κ1) is 34.0. The predicted molar refractivity (Wildman–Crippen MR) is 179 cm³/mol. The Morgan fingerprint density at radius 1 is 1.02 bits per heavy atom. The number of nitrogens with one attached hydrogen (secondary N) is 3. The molecule has 1 aliphatic rings. The van der Waals surface area contributed by atoms with E-state index in [4.69, 9.17) is 39.7 Å². The number of benzene rings is 2. The molecule has 6 N–H and O–H groups in total. The first-order valence-corrected chi connectivity index (χ1v) is 15.7. The SMILES string of the molecule is COc1cc(Nc2nc(NC3CCCCC3NC(=O)OC(C)(C)C)n3nc(-c4ccccc4OCCO)nc3c2C(N)=O)cc(OC)c1. The number of aromatic nitrogens is 4. The summed E-state index contributed by atoms with van der Waals surface area (Å²) < 4.78 is 23.6. The zero-order chi connectivity index (χ0) is 34.4. The monoisotopic (exact) mass is 662 g/mol. The lowest BCUT2D eigenvalue weighted by atomic mass is 9.90. The van der Waals surface area contributed by atoms with E-state index in [2.05, 4.69) is 16.0 Å². The highest BCUT2D eigenvalue weighted by Crippen LogP contribution is 2.34. The van der Waals surface area contributed by atoms with Gasteiger partial charge in [0, 0.05) is 29.9 Å². The van der Waals surface area contributed by atoms with Gasteiger partial charge in [0.2, 0.25) is 5.95 Å². The van der Waals surface area contributed by atoms with Crippen molar-refractivity contribution in [3.63, 3.8) is 0 Å². The standard InChI is InChI=1S/C33H42N8O7/c1-33(2,3)48-32(44)37-24-12-8-7-11-23(24)36-31-39-29(35-19-16-20(45-4)18-21(17-19)46-5)26(27(34)43)30-38-28(40-41(30)31)22-10-6-9-13-25(22)47-15-14-42/h6,9-10,13,16-18,23-24,35,42H,7-8,11-12,14-15H2,1-5H3,(H2,34,43)(H,36,39)(H,37,44). The van der Waals surface area contributed by atoms with Crippen LogP contribution >= 0.6 is 0 Å². The maximum absolute atomic E-state index is 13.1. The molecule has 48 heavy (non-hydrogen) atoms. The largest absolute Gasteiger partial charge is 0.497 e. The number of para-hydroxylation sites is 1. The Bertz CT molecular complexity index is 1750. The van der Waals surface area contributed by atoms with Gasteiger partial charge in [-0.25, -0.2) is 9.78 Å². The molecule has 1 fully saturated rings. The highest BCUT2D eigenvalue weighted by molar-refractivity contribution is 6.04. The highest BCUT2D eigenvalue weighted by Gasteiger charge is 2.31. The molecule has 4 aromatic rings. The van der Waals surface area contributed by atoms with Crippen LogP contribution in [0.5, 0.6) is 17.2 Å². The van der Waals surface area contributed by atoms with E-state index in [0.717, 1.165) is 19.3 Å². The number of hydrogen-bond acceptors (Lipinski definition) is 12. The fourth-order valence-corrected chi connectivity index (χ4v) is 5.51. The summed E-state index contributed by atoms with van der Waals surface area (Å²) in [5.74, 6) is 1.29. The topological polar surface area (TPSA) is 196 Å². The summed E-state index contributed by atoms with van der Waals surface area (Å²) in [6.45, 7) is 5.32. The normalized spacial score (nSPS) is 16.2. The van der Waals surface area contributed by atoms with Gasteiger partial charge in [-0.05, 0) is 45.7 Å². The van der Waals surface area contributed by atoms with Crippen molar-refractivity contribution in [3.05, 3.63) is 48.0 Å². The van der Waals surface area contributed by atoms with Crippen molar-refractivity contribution in [2.75, 3.05) is 38.1 Å². The first-order valence-electron chi connectivity index (χ1n) is 15.7. The second-order valence-electron chi connectivity index (χ2n) is 12.3. The number of ether oxygens (including phenoxy) is 4. The maximum Gasteiger partial charge on any atom is 0.407 e. The van der Waals surface area contributed by atoms with Crippen LogP contribution in [0.15, 0.2) is 42.5 Å². The van der Waals surface area contributed by atoms with Crippen LogP contribution in [-0.4, -0.2) is 81.8 Å². The van der Waals surface area contributed by atoms with Crippen LogP contribution in [-0.2, 0) is 4.74 Å². The molecule has 2 aromatic heterocycles. The van der Waals surface area contributed by atoms with Gasteiger partial charge in [-0.1, -0.05) is 25.0 Å². The fourth-order valence-electron chi connectivity index (χ4n) is 5.51. The van der Waals surface area contributed by atoms with Gasteiger partial charge >= 0.3 is 6.09 Å². The fraction of sp³-hybridized carbons (Fsp3) is 0.424. The summed E-state index contributed by atoms with van der Waals surface area (Å²) in [6.07, 6.45) is 2.76. The van der Waals surface area contributed by atoms with Crippen molar-refractivity contribution in [1.82, 2.24) is 24.9 Å². The smallest absolute Gasteiger partial charge is 0.407 e. The van der Waals surface area contributed by atoms with Gasteiger partial charge < -0.3 is 45.7 Å². The number of alkyl carbamates (subject to hydrolysis) is 1. The summed E-state index contributed by atoms with van der Waals surface area (Å²) in [6, 6.07) is 11.7. The number of aliphatic hydroxyl groups excluding tert-OH is 1. The zero-order valence-electron chi connectivity index (χ0n) is 27.7. The molecule has 15 nitrogen and oxygen atoms in total. The summed E-state index contributed by atoms with van der Waals surface area (Å²) in [7, 11) is 3.07. The average Bonchev–Trinajstić information content (AvgIpc) is 3.48. The number of hydrogen-bond donors (Lipinski definition) is 5. The number of nitrogens with two attached hydrogens (primary N) is 1. The van der Waals surface area contributed by atoms with Gasteiger partial charge in [0.05, 0.1) is 32.4 Å². The first-order chi connectivity index (χ1) is 23.0. The Morgan fingerprint density at radius 2 is 1.71 bits per heavy atom. The van der Waals surface area contributed by atoms with E-state index in [1.54, 1.807) is 42.5 Å². The number of carbonyl (C=O) groups is 2. The molecule has 15 heteroatoms. The molecular formula is C33H42N8O7. The van der Waals surface area contributed by atoms with Gasteiger partial charge in [0.15, 0.2) is 17.3 Å². The molecule has 0 spiro atoms. The van der Waals surface area contributed by atoms with Crippen molar-refractivity contribution in [3.8, 4) is 28.6 Å². The zero-order valence-corrected chi connectivity index (χ0v) is 27.7. The number of aliphatic hydroxyl groups is 1. The molecule has 0 saturated heterocycles. The van der Waals surface area contributed by atoms with Crippen LogP contribution in [0.2, 0.25) is 0 Å². The molecule has 1 saturated carbocycles. The molecule has 0 aliphatic heterocycles. The summed E-state index contributed by atoms with van der Waals surface area (Å²) in [4.78, 5) is 35.4. The van der Waals surface area contributed by atoms with E-state index < -0.39 is 17.6 Å². The van der Waals surface area contributed by atoms with Crippen LogP contribution in [0.1, 0.15) is 56.8 Å². The number of carbonyl (C=O) groups excluding carboxylic acids is 2. The van der Waals surface area contributed by atoms with Crippen molar-refractivity contribution < 1.29 is 33.6 Å². The summed E-state index contributed by atoms with van der Waals surface area (Å²) >= 11 is 0. The molecule has 5 rings (SSSR count). The molecule has 2 aromatic carbocycles. The Balaban J connectivity index is 1.63. The van der Waals surface area contributed by atoms with E-state index in [9.17, 15) is 14.7 Å². The number of rotatable bonds is 12. The van der Waals surface area contributed by atoms with E-state index in [1.165, 1.54) is 18.7 Å². The van der Waals surface area contributed by atoms with Crippen molar-refractivity contribution in [2.45, 2.75) is 64.1 Å². The summed E-state index contributed by atoms with van der Waals surface area (Å²) in [5.41, 5.74) is 6.48. The second-order valence-corrected chi connectivity index (χ2v) is 12.3. The summed E-state index contributed by atoms with van der Waals surface area (Å²) in [5, 5.41) is 23.8. The predicted octanol–water partition coefficient (Wildman–Crippen LogP) is 4.27. The minimum absolute atomic E-state index is 0.0121. The minimum Gasteiger partial charge on any atom is -0.497 e. The third kappa shape index (κ3) is 7.97. The third-order valence-electron chi connectivity index (χ3n) is 7.61. The van der Waals surface area contributed by atoms with Crippen molar-refractivity contribution in [1.29, 1.82) is 0 Å². The van der Waals surface area contributed by atoms with Crippen LogP contribution in [0.25, 0.3) is 17.0 Å². The Morgan fingerprint density at radius 3 is 2.35 bits per heavy atom. The lowest BCUT2D eigenvalue weighted by Gasteiger charge is -2.33. The van der Waals surface area contributed by atoms with E-state index >= 15 is 0 Å². The maximum atomic E-state index is 13.1. The van der Waals surface area contributed by atoms with E-state index in [-0.39, 0.29) is 54.1 Å². The molecule has 0 radical (unpaired) electrons. The Hall–Kier alpha value is -5.31. The van der Waals surface area contributed by atoms with Crippen LogP contribution < -0.4 is 35.9 Å². The molecular weight excluding hydrogens is 620 g/mol. The van der Waals surface area contributed by atoms with Crippen LogP contribution in [0.4, 0.5) is 22.2 Å². The van der Waals surface area contributed by atoms with Gasteiger partial charge in [0.25, 0.3) is 5.91 Å². The number of nitrogens with zero attached hydrogens (tertiary/aromatic N) is 4. The lowest BCUT2D eigenvalue weighted by Crippen LogP contribution is -2.50. The van der Waals surface area contributed by atoms with Gasteiger partial charge in [-0.15, -0.1) is 5.10 Å². The molecule has 256 valence electrons. The van der Waals surface area contributed by atoms with Gasteiger partial charge in [-0.2, -0.15) is 9.50 Å². The molecule has 2 heterocycles. The van der Waals surface area contributed by atoms with E-state index in [0.29, 0.717) is 34.9 Å². The third-order valence-corrected chi connectivity index (χ3v) is 7.61. The Kier molecular flexibility index (Phi) is 10.4. The van der Waals surface area contributed by atoms with Crippen LogP contribution in [0, 0.1) is 0 Å². The number of anilines is 3. The van der Waals surface area contributed by atoms with Crippen molar-refractivity contribution in [2.24, 2.45) is 5.73 Å². The van der Waals surface area contributed by atoms with Crippen LogP contribution in [0.3, 0.4) is 0 Å². The average molecular weight is 663 g/mol. The molecule has 2 amide bonds. The minimum atomic E-state index is -0.790. The molecule has 1 aliphatic carbocycles. The number of primary amides is 1.